The maximum atomic E-state index is 5.83. The van der Waals surface area contributed by atoms with Crippen LogP contribution in [0.3, 0.4) is 0 Å². The number of hydrogen-bond donors (Lipinski definition) is 1. The Labute approximate surface area is 94.6 Å². The van der Waals surface area contributed by atoms with E-state index in [0.717, 1.165) is 19.2 Å². The van der Waals surface area contributed by atoms with Crippen LogP contribution in [0, 0.1) is 5.92 Å². The molecular weight excluding hydrogens is 206 g/mol. The normalized spacial score (nSPS) is 30.9. The first-order valence-electron chi connectivity index (χ1n) is 5.80. The summed E-state index contributed by atoms with van der Waals surface area (Å²) in [6, 6.07) is 3.01. The minimum atomic E-state index is 0.350. The lowest BCUT2D eigenvalue weighted by atomic mass is 9.97. The van der Waals surface area contributed by atoms with Gasteiger partial charge in [-0.25, -0.2) is 0 Å². The van der Waals surface area contributed by atoms with E-state index in [1.807, 2.05) is 0 Å². The van der Waals surface area contributed by atoms with Crippen LogP contribution >= 0.6 is 11.3 Å². The molecular formula is C12H17NOS. The number of thiophene rings is 1. The molecule has 2 aliphatic rings. The van der Waals surface area contributed by atoms with Crippen molar-refractivity contribution in [2.75, 3.05) is 13.2 Å². The Morgan fingerprint density at radius 3 is 3.07 bits per heavy atom. The van der Waals surface area contributed by atoms with Gasteiger partial charge < -0.3 is 10.1 Å². The van der Waals surface area contributed by atoms with Crippen LogP contribution in [-0.2, 0) is 4.74 Å². The summed E-state index contributed by atoms with van der Waals surface area (Å²) in [7, 11) is 0. The number of ether oxygens (including phenoxy) is 1. The monoisotopic (exact) mass is 223 g/mol. The highest BCUT2D eigenvalue weighted by molar-refractivity contribution is 7.07. The largest absolute Gasteiger partial charge is 0.373 e. The first kappa shape index (κ1) is 9.82. The Morgan fingerprint density at radius 2 is 2.33 bits per heavy atom. The Hall–Kier alpha value is -0.380. The summed E-state index contributed by atoms with van der Waals surface area (Å²) in [5, 5.41) is 7.98. The van der Waals surface area contributed by atoms with Crippen LogP contribution in [0.15, 0.2) is 16.8 Å². The molecule has 1 aliphatic heterocycles. The zero-order valence-electron chi connectivity index (χ0n) is 8.82. The van der Waals surface area contributed by atoms with Crippen molar-refractivity contribution in [3.05, 3.63) is 22.4 Å². The highest BCUT2D eigenvalue weighted by Gasteiger charge is 2.31. The second kappa shape index (κ2) is 4.24. The maximum Gasteiger partial charge on any atom is 0.0874 e. The van der Waals surface area contributed by atoms with Crippen LogP contribution in [0.2, 0.25) is 0 Å². The van der Waals surface area contributed by atoms with Crippen LogP contribution < -0.4 is 5.32 Å². The van der Waals surface area contributed by atoms with Gasteiger partial charge in [0.15, 0.2) is 0 Å². The smallest absolute Gasteiger partial charge is 0.0874 e. The molecule has 1 saturated heterocycles. The van der Waals surface area contributed by atoms with Crippen molar-refractivity contribution in [2.24, 2.45) is 5.92 Å². The SMILES string of the molecule is c1cc(C2OCCC2CNC2CC2)cs1. The predicted octanol–water partition coefficient (Wildman–Crippen LogP) is 2.58. The number of hydrogen-bond acceptors (Lipinski definition) is 3. The van der Waals surface area contributed by atoms with E-state index in [-0.39, 0.29) is 0 Å². The Morgan fingerprint density at radius 1 is 1.40 bits per heavy atom. The molecule has 0 bridgehead atoms. The third-order valence-corrected chi connectivity index (χ3v) is 4.03. The lowest BCUT2D eigenvalue weighted by Crippen LogP contribution is -2.26. The van der Waals surface area contributed by atoms with Gasteiger partial charge in [0.1, 0.15) is 0 Å². The minimum absolute atomic E-state index is 0.350. The molecule has 1 N–H and O–H groups in total. The van der Waals surface area contributed by atoms with E-state index >= 15 is 0 Å². The topological polar surface area (TPSA) is 21.3 Å². The van der Waals surface area contributed by atoms with Gasteiger partial charge >= 0.3 is 0 Å². The summed E-state index contributed by atoms with van der Waals surface area (Å²) < 4.78 is 5.83. The molecule has 3 heteroatoms. The molecule has 1 aromatic rings. The van der Waals surface area contributed by atoms with Gasteiger partial charge in [-0.3, -0.25) is 0 Å². The highest BCUT2D eigenvalue weighted by atomic mass is 32.1. The average Bonchev–Trinajstić information content (AvgIpc) is 2.79. The summed E-state index contributed by atoms with van der Waals surface area (Å²) in [5.41, 5.74) is 1.38. The Balaban J connectivity index is 1.61. The summed E-state index contributed by atoms with van der Waals surface area (Å²) in [4.78, 5) is 0. The summed E-state index contributed by atoms with van der Waals surface area (Å²) in [5.74, 6) is 0.681. The van der Waals surface area contributed by atoms with E-state index in [1.54, 1.807) is 11.3 Å². The van der Waals surface area contributed by atoms with Gasteiger partial charge in [-0.2, -0.15) is 11.3 Å². The fourth-order valence-electron chi connectivity index (χ4n) is 2.25. The third kappa shape index (κ3) is 2.25. The average molecular weight is 223 g/mol. The van der Waals surface area contributed by atoms with E-state index in [9.17, 15) is 0 Å². The van der Waals surface area contributed by atoms with Crippen LogP contribution in [-0.4, -0.2) is 19.2 Å². The predicted molar refractivity (Wildman–Crippen MR) is 62.1 cm³/mol. The lowest BCUT2D eigenvalue weighted by molar-refractivity contribution is 0.0908. The van der Waals surface area contributed by atoms with Crippen molar-refractivity contribution >= 4 is 11.3 Å². The van der Waals surface area contributed by atoms with Crippen molar-refractivity contribution < 1.29 is 4.74 Å². The molecule has 1 saturated carbocycles. The van der Waals surface area contributed by atoms with Crippen molar-refractivity contribution in [1.82, 2.24) is 5.32 Å². The zero-order valence-corrected chi connectivity index (χ0v) is 9.63. The van der Waals surface area contributed by atoms with Crippen molar-refractivity contribution in [3.63, 3.8) is 0 Å². The molecule has 2 unspecified atom stereocenters. The highest BCUT2D eigenvalue weighted by Crippen LogP contribution is 2.35. The molecule has 0 spiro atoms. The number of rotatable bonds is 4. The standard InChI is InChI=1S/C12H17NOS/c1-2-11(1)13-7-9-3-5-14-12(9)10-4-6-15-8-10/h4,6,8-9,11-13H,1-3,5,7H2. The Kier molecular flexibility index (Phi) is 2.77. The fraction of sp³-hybridized carbons (Fsp3) is 0.667. The van der Waals surface area contributed by atoms with E-state index < -0.39 is 0 Å². The molecule has 2 heterocycles. The molecule has 0 amide bonds. The molecule has 82 valence electrons. The molecule has 2 fully saturated rings. The molecule has 1 aromatic heterocycles. The molecule has 0 aromatic carbocycles. The van der Waals surface area contributed by atoms with Gasteiger partial charge in [-0.1, -0.05) is 0 Å². The zero-order chi connectivity index (χ0) is 10.1. The van der Waals surface area contributed by atoms with Crippen LogP contribution in [0.25, 0.3) is 0 Å². The molecule has 2 nitrogen and oxygen atoms in total. The molecule has 15 heavy (non-hydrogen) atoms. The summed E-state index contributed by atoms with van der Waals surface area (Å²) in [6.45, 7) is 2.06. The van der Waals surface area contributed by atoms with Crippen LogP contribution in [0.5, 0.6) is 0 Å². The van der Waals surface area contributed by atoms with Crippen LogP contribution in [0.4, 0.5) is 0 Å². The second-order valence-corrected chi connectivity index (χ2v) is 5.36. The van der Waals surface area contributed by atoms with E-state index in [2.05, 4.69) is 22.1 Å². The molecule has 1 aliphatic carbocycles. The molecule has 0 radical (unpaired) electrons. The first-order chi connectivity index (χ1) is 7.43. The maximum absolute atomic E-state index is 5.83. The van der Waals surface area contributed by atoms with Gasteiger partial charge in [0.25, 0.3) is 0 Å². The van der Waals surface area contributed by atoms with E-state index in [4.69, 9.17) is 4.74 Å². The van der Waals surface area contributed by atoms with Gasteiger partial charge in [-0.05, 0) is 41.7 Å². The van der Waals surface area contributed by atoms with Gasteiger partial charge in [0.05, 0.1) is 6.10 Å². The quantitative estimate of drug-likeness (QED) is 0.847. The van der Waals surface area contributed by atoms with Gasteiger partial charge in [0.2, 0.25) is 0 Å². The first-order valence-corrected chi connectivity index (χ1v) is 6.75. The van der Waals surface area contributed by atoms with Crippen molar-refractivity contribution in [1.29, 1.82) is 0 Å². The Bertz CT molecular complexity index is 307. The van der Waals surface area contributed by atoms with E-state index in [1.165, 1.54) is 24.8 Å². The second-order valence-electron chi connectivity index (χ2n) is 4.58. The van der Waals surface area contributed by atoms with Crippen molar-refractivity contribution in [2.45, 2.75) is 31.4 Å². The third-order valence-electron chi connectivity index (χ3n) is 3.33. The van der Waals surface area contributed by atoms with Gasteiger partial charge in [-0.15, -0.1) is 0 Å². The summed E-state index contributed by atoms with van der Waals surface area (Å²) >= 11 is 1.76. The number of nitrogens with one attached hydrogen (secondary N) is 1. The summed E-state index contributed by atoms with van der Waals surface area (Å²) in [6.07, 6.45) is 4.30. The van der Waals surface area contributed by atoms with Crippen molar-refractivity contribution in [3.8, 4) is 0 Å². The lowest BCUT2D eigenvalue weighted by Gasteiger charge is -2.17. The molecule has 3 rings (SSSR count). The van der Waals surface area contributed by atoms with Gasteiger partial charge in [0, 0.05) is 25.1 Å². The molecule has 2 atom stereocenters. The van der Waals surface area contributed by atoms with Crippen LogP contribution in [0.1, 0.15) is 30.9 Å². The fourth-order valence-corrected chi connectivity index (χ4v) is 2.94. The van der Waals surface area contributed by atoms with E-state index in [0.29, 0.717) is 12.0 Å². The minimum Gasteiger partial charge on any atom is -0.373 e.